The summed E-state index contributed by atoms with van der Waals surface area (Å²) < 4.78 is 0. The van der Waals surface area contributed by atoms with Crippen molar-refractivity contribution in [1.29, 1.82) is 0 Å². The molecule has 134 valence electrons. The highest BCUT2D eigenvalue weighted by Crippen LogP contribution is 2.24. The van der Waals surface area contributed by atoms with Gasteiger partial charge in [-0.3, -0.25) is 19.3 Å². The Morgan fingerprint density at radius 1 is 1.08 bits per heavy atom. The predicted molar refractivity (Wildman–Crippen MR) is 104 cm³/mol. The maximum absolute atomic E-state index is 12.3. The number of anilines is 1. The van der Waals surface area contributed by atoms with Crippen molar-refractivity contribution < 1.29 is 14.4 Å². The summed E-state index contributed by atoms with van der Waals surface area (Å²) in [7, 11) is 0. The molecule has 3 amide bonds. The second-order valence-corrected chi connectivity index (χ2v) is 7.65. The molecular weight excluding hydrogens is 372 g/mol. The maximum Gasteiger partial charge on any atom is 0.261 e. The van der Waals surface area contributed by atoms with Crippen LogP contribution in [0.2, 0.25) is 5.02 Å². The van der Waals surface area contributed by atoms with Gasteiger partial charge >= 0.3 is 0 Å². The van der Waals surface area contributed by atoms with Crippen LogP contribution in [0.5, 0.6) is 0 Å². The summed E-state index contributed by atoms with van der Waals surface area (Å²) in [5, 5.41) is 2.91. The molecule has 1 unspecified atom stereocenters. The largest absolute Gasteiger partial charge is 0.324 e. The number of imide groups is 1. The number of halogens is 1. The lowest BCUT2D eigenvalue weighted by Crippen LogP contribution is -2.32. The van der Waals surface area contributed by atoms with Gasteiger partial charge in [-0.2, -0.15) is 0 Å². The first-order valence-electron chi connectivity index (χ1n) is 8.11. The van der Waals surface area contributed by atoms with E-state index in [1.165, 1.54) is 16.7 Å². The molecule has 2 aromatic carbocycles. The van der Waals surface area contributed by atoms with Crippen molar-refractivity contribution in [3.05, 3.63) is 64.7 Å². The molecule has 0 aliphatic carbocycles. The Bertz CT molecular complexity index is 836. The number of thioether (sulfide) groups is 1. The zero-order chi connectivity index (χ0) is 18.7. The molecule has 26 heavy (non-hydrogen) atoms. The van der Waals surface area contributed by atoms with E-state index in [1.54, 1.807) is 55.5 Å². The minimum Gasteiger partial charge on any atom is -0.324 e. The van der Waals surface area contributed by atoms with E-state index in [1.807, 2.05) is 0 Å². The van der Waals surface area contributed by atoms with Gasteiger partial charge in [0, 0.05) is 12.3 Å². The summed E-state index contributed by atoms with van der Waals surface area (Å²) in [5.74, 6) is -0.257. The van der Waals surface area contributed by atoms with Crippen LogP contribution < -0.4 is 5.32 Å². The van der Waals surface area contributed by atoms with Crippen molar-refractivity contribution >= 4 is 46.8 Å². The van der Waals surface area contributed by atoms with Gasteiger partial charge in [-0.15, -0.1) is 11.8 Å². The van der Waals surface area contributed by atoms with Crippen LogP contribution in [0.1, 0.15) is 27.6 Å². The summed E-state index contributed by atoms with van der Waals surface area (Å²) in [6.45, 7) is 2.04. The molecule has 1 aliphatic heterocycles. The summed E-state index contributed by atoms with van der Waals surface area (Å²) in [6, 6.07) is 13.8. The Hall–Kier alpha value is -2.31. The molecule has 0 bridgehead atoms. The zero-order valence-electron chi connectivity index (χ0n) is 14.1. The highest BCUT2D eigenvalue weighted by molar-refractivity contribution is 8.00. The molecule has 0 saturated carbocycles. The van der Waals surface area contributed by atoms with E-state index in [4.69, 9.17) is 11.6 Å². The first-order valence-corrected chi connectivity index (χ1v) is 9.54. The molecule has 0 radical (unpaired) electrons. The highest BCUT2D eigenvalue weighted by Gasteiger charge is 2.34. The summed E-state index contributed by atoms with van der Waals surface area (Å²) >= 11 is 7.41. The van der Waals surface area contributed by atoms with Gasteiger partial charge in [0.25, 0.3) is 11.8 Å². The maximum atomic E-state index is 12.3. The molecule has 5 nitrogen and oxygen atoms in total. The number of amides is 3. The Labute approximate surface area is 160 Å². The summed E-state index contributed by atoms with van der Waals surface area (Å²) in [5.41, 5.74) is 1.44. The van der Waals surface area contributed by atoms with Crippen LogP contribution >= 0.6 is 23.4 Å². The lowest BCUT2D eigenvalue weighted by Gasteiger charge is -2.16. The lowest BCUT2D eigenvalue weighted by molar-refractivity contribution is -0.115. The fourth-order valence-electron chi connectivity index (χ4n) is 2.64. The van der Waals surface area contributed by atoms with E-state index in [0.29, 0.717) is 27.6 Å². The third-order valence-electron chi connectivity index (χ3n) is 4.06. The highest BCUT2D eigenvalue weighted by atomic mass is 35.5. The van der Waals surface area contributed by atoms with Gasteiger partial charge < -0.3 is 5.32 Å². The summed E-state index contributed by atoms with van der Waals surface area (Å²) in [4.78, 5) is 38.1. The van der Waals surface area contributed by atoms with E-state index in [-0.39, 0.29) is 29.5 Å². The normalized spacial score (nSPS) is 14.3. The van der Waals surface area contributed by atoms with E-state index in [2.05, 4.69) is 5.32 Å². The molecule has 0 fully saturated rings. The van der Waals surface area contributed by atoms with Gasteiger partial charge in [-0.25, -0.2) is 0 Å². The van der Waals surface area contributed by atoms with E-state index >= 15 is 0 Å². The monoisotopic (exact) mass is 388 g/mol. The van der Waals surface area contributed by atoms with Gasteiger partial charge in [-0.05, 0) is 31.2 Å². The Morgan fingerprint density at radius 2 is 1.65 bits per heavy atom. The molecule has 0 aromatic heterocycles. The van der Waals surface area contributed by atoms with Crippen molar-refractivity contribution in [3.8, 4) is 0 Å². The topological polar surface area (TPSA) is 66.5 Å². The smallest absolute Gasteiger partial charge is 0.261 e. The Morgan fingerprint density at radius 3 is 2.27 bits per heavy atom. The molecule has 0 spiro atoms. The molecule has 3 rings (SSSR count). The number of nitrogens with one attached hydrogen (secondary N) is 1. The fourth-order valence-corrected chi connectivity index (χ4v) is 3.67. The van der Waals surface area contributed by atoms with Crippen LogP contribution in [0.15, 0.2) is 48.5 Å². The van der Waals surface area contributed by atoms with Crippen LogP contribution in [-0.2, 0) is 4.79 Å². The number of benzene rings is 2. The number of carbonyl (C=O) groups excluding carboxylic acids is 3. The molecule has 7 heteroatoms. The Balaban J connectivity index is 1.52. The molecule has 1 atom stereocenters. The van der Waals surface area contributed by atoms with Crippen LogP contribution in [0.25, 0.3) is 0 Å². The van der Waals surface area contributed by atoms with Crippen LogP contribution in [-0.4, -0.2) is 40.2 Å². The van der Waals surface area contributed by atoms with Gasteiger partial charge in [0.1, 0.15) is 0 Å². The van der Waals surface area contributed by atoms with E-state index in [0.717, 1.165) is 0 Å². The first kappa shape index (κ1) is 18.5. The van der Waals surface area contributed by atoms with Crippen molar-refractivity contribution in [1.82, 2.24) is 4.90 Å². The number of carbonyl (C=O) groups is 3. The van der Waals surface area contributed by atoms with E-state index < -0.39 is 0 Å². The van der Waals surface area contributed by atoms with Crippen molar-refractivity contribution in [2.75, 3.05) is 17.6 Å². The average molecular weight is 389 g/mol. The Kier molecular flexibility index (Phi) is 5.64. The van der Waals surface area contributed by atoms with Gasteiger partial charge in [0.15, 0.2) is 0 Å². The second-order valence-electron chi connectivity index (χ2n) is 5.79. The van der Waals surface area contributed by atoms with Crippen LogP contribution in [0, 0.1) is 0 Å². The lowest BCUT2D eigenvalue weighted by atomic mass is 10.1. The van der Waals surface area contributed by atoms with Crippen molar-refractivity contribution in [3.63, 3.8) is 0 Å². The number of fused-ring (bicyclic) bond motifs is 1. The van der Waals surface area contributed by atoms with Crippen LogP contribution in [0.3, 0.4) is 0 Å². The first-order chi connectivity index (χ1) is 12.5. The second kappa shape index (κ2) is 7.93. The number of hydrogen-bond acceptors (Lipinski definition) is 4. The molecule has 1 aliphatic rings. The van der Waals surface area contributed by atoms with Crippen LogP contribution in [0.4, 0.5) is 5.69 Å². The molecule has 2 aromatic rings. The summed E-state index contributed by atoms with van der Waals surface area (Å²) in [6.07, 6.45) is 0. The van der Waals surface area contributed by atoms with Crippen molar-refractivity contribution in [2.24, 2.45) is 0 Å². The number of rotatable bonds is 6. The minimum atomic E-state index is -0.346. The third-order valence-corrected chi connectivity index (χ3v) is 5.52. The zero-order valence-corrected chi connectivity index (χ0v) is 15.6. The predicted octanol–water partition coefficient (Wildman–Crippen LogP) is 3.70. The van der Waals surface area contributed by atoms with Gasteiger partial charge in [-0.1, -0.05) is 35.9 Å². The fraction of sp³-hybridized carbons (Fsp3) is 0.211. The van der Waals surface area contributed by atoms with Crippen molar-refractivity contribution in [2.45, 2.75) is 12.2 Å². The quantitative estimate of drug-likeness (QED) is 0.766. The number of hydrogen-bond donors (Lipinski definition) is 1. The third kappa shape index (κ3) is 3.76. The van der Waals surface area contributed by atoms with Gasteiger partial charge in [0.2, 0.25) is 5.91 Å². The molecule has 1 N–H and O–H groups in total. The number of para-hydroxylation sites is 1. The number of nitrogens with zero attached hydrogens (tertiary/aromatic N) is 1. The van der Waals surface area contributed by atoms with E-state index in [9.17, 15) is 14.4 Å². The van der Waals surface area contributed by atoms with Gasteiger partial charge in [0.05, 0.1) is 27.1 Å². The molecular formula is C19H17ClN2O3S. The standard InChI is InChI=1S/C19H17ClN2O3S/c1-12(17(23)21-16-9-5-4-8-15(16)20)26-11-10-22-18(24)13-6-2-3-7-14(13)19(22)25/h2-9,12H,10-11H2,1H3,(H,21,23). The molecule has 1 heterocycles. The molecule has 0 saturated heterocycles. The SMILES string of the molecule is CC(SCCN1C(=O)c2ccccc2C1=O)C(=O)Nc1ccccc1Cl. The average Bonchev–Trinajstić information content (AvgIpc) is 2.88. The minimum absolute atomic E-state index is 0.175.